The van der Waals surface area contributed by atoms with Crippen LogP contribution in [0.2, 0.25) is 0 Å². The lowest BCUT2D eigenvalue weighted by molar-refractivity contribution is -0.662. The van der Waals surface area contributed by atoms with Gasteiger partial charge in [0.05, 0.1) is 0 Å². The van der Waals surface area contributed by atoms with Crippen LogP contribution in [0.3, 0.4) is 0 Å². The Morgan fingerprint density at radius 1 is 1.02 bits per heavy atom. The molecule has 7 nitrogen and oxygen atoms in total. The van der Waals surface area contributed by atoms with Gasteiger partial charge in [-0.25, -0.2) is 0 Å². The van der Waals surface area contributed by atoms with Gasteiger partial charge < -0.3 is 11.1 Å². The molecule has 2 heterocycles. The molecule has 7 heteroatoms. The second kappa shape index (κ2) is 12.7. The van der Waals surface area contributed by atoms with Crippen molar-refractivity contribution in [3.8, 4) is 16.9 Å². The van der Waals surface area contributed by atoms with Crippen LogP contribution in [-0.4, -0.2) is 27.9 Å². The van der Waals surface area contributed by atoms with E-state index in [-0.39, 0.29) is 11.3 Å². The highest BCUT2D eigenvalue weighted by Crippen LogP contribution is 2.23. The number of primary amides is 1. The van der Waals surface area contributed by atoms with Gasteiger partial charge in [0.15, 0.2) is 0 Å². The van der Waals surface area contributed by atoms with E-state index in [0.29, 0.717) is 19.3 Å². The van der Waals surface area contributed by atoms with E-state index in [2.05, 4.69) is 71.2 Å². The van der Waals surface area contributed by atoms with E-state index in [1.165, 1.54) is 5.56 Å². The van der Waals surface area contributed by atoms with Gasteiger partial charge >= 0.3 is 0 Å². The van der Waals surface area contributed by atoms with E-state index in [9.17, 15) is 9.59 Å². The van der Waals surface area contributed by atoms with Gasteiger partial charge in [-0.05, 0) is 48.4 Å². The first-order valence-electron chi connectivity index (χ1n) is 13.9. The number of aryl methyl sites for hydroxylation is 2. The Labute approximate surface area is 236 Å². The van der Waals surface area contributed by atoms with Crippen LogP contribution in [0.5, 0.6) is 0 Å². The minimum absolute atomic E-state index is 0.0802. The van der Waals surface area contributed by atoms with Crippen LogP contribution in [0.4, 0.5) is 0 Å². The zero-order valence-electron chi connectivity index (χ0n) is 23.9. The summed E-state index contributed by atoms with van der Waals surface area (Å²) in [6.07, 6.45) is 6.62. The number of benzene rings is 2. The van der Waals surface area contributed by atoms with Crippen molar-refractivity contribution >= 4 is 11.8 Å². The Morgan fingerprint density at radius 2 is 1.75 bits per heavy atom. The van der Waals surface area contributed by atoms with Gasteiger partial charge in [0.1, 0.15) is 11.7 Å². The highest BCUT2D eigenvalue weighted by Gasteiger charge is 2.22. The first-order chi connectivity index (χ1) is 19.1. The van der Waals surface area contributed by atoms with Crippen molar-refractivity contribution in [3.63, 3.8) is 0 Å². The van der Waals surface area contributed by atoms with E-state index in [0.717, 1.165) is 46.6 Å². The molecule has 208 valence electrons. The number of nitrogens with zero attached hydrogens (tertiary/aromatic N) is 2. The number of carbonyl (C=O) groups excluding carboxylic acids is 2. The summed E-state index contributed by atoms with van der Waals surface area (Å²) in [5.74, 6) is -0.686. The third-order valence-corrected chi connectivity index (χ3v) is 7.12. The number of aromatic nitrogens is 3. The molecular formula is C33H40N5O2+. The predicted octanol–water partition coefficient (Wildman–Crippen LogP) is 4.88. The minimum Gasteiger partial charge on any atom is -0.368 e. The topological polar surface area (TPSA) is 105 Å². The van der Waals surface area contributed by atoms with Crippen molar-refractivity contribution in [2.24, 2.45) is 5.73 Å². The Bertz CT molecular complexity index is 1420. The molecule has 0 radical (unpaired) electrons. The van der Waals surface area contributed by atoms with E-state index in [1.807, 2.05) is 49.5 Å². The predicted molar refractivity (Wildman–Crippen MR) is 158 cm³/mol. The van der Waals surface area contributed by atoms with Gasteiger partial charge in [-0.3, -0.25) is 14.6 Å². The number of pyridine rings is 1. The number of H-pyrrole nitrogens is 1. The molecule has 0 spiro atoms. The van der Waals surface area contributed by atoms with Gasteiger partial charge in [0.2, 0.25) is 23.2 Å². The van der Waals surface area contributed by atoms with Crippen LogP contribution in [0, 0.1) is 6.92 Å². The number of nitrogens with one attached hydrogen (secondary N) is 2. The maximum absolute atomic E-state index is 12.7. The highest BCUT2D eigenvalue weighted by molar-refractivity contribution is 5.86. The van der Waals surface area contributed by atoms with Crippen LogP contribution in [0.15, 0.2) is 79.1 Å². The molecule has 4 rings (SSSR count). The van der Waals surface area contributed by atoms with Gasteiger partial charge in [0.25, 0.3) is 0 Å². The summed E-state index contributed by atoms with van der Waals surface area (Å²) < 4.78 is 2.11. The summed E-state index contributed by atoms with van der Waals surface area (Å²) in [6, 6.07) is 21.9. The van der Waals surface area contributed by atoms with Gasteiger partial charge in [0, 0.05) is 55.4 Å². The minimum atomic E-state index is -0.722. The molecule has 1 atom stereocenters. The summed E-state index contributed by atoms with van der Waals surface area (Å²) in [5, 5.41) is 6.36. The zero-order valence-corrected chi connectivity index (χ0v) is 23.9. The third kappa shape index (κ3) is 7.65. The van der Waals surface area contributed by atoms with E-state index in [4.69, 9.17) is 5.73 Å². The van der Waals surface area contributed by atoms with Crippen LogP contribution < -0.4 is 15.7 Å². The number of aromatic amines is 1. The molecule has 0 aliphatic rings. The molecule has 0 saturated heterocycles. The number of rotatable bonds is 11. The van der Waals surface area contributed by atoms with Crippen molar-refractivity contribution in [1.82, 2.24) is 15.4 Å². The number of hydrogen-bond acceptors (Lipinski definition) is 3. The monoisotopic (exact) mass is 538 g/mol. The summed E-state index contributed by atoms with van der Waals surface area (Å²) >= 11 is 0. The van der Waals surface area contributed by atoms with Crippen molar-refractivity contribution < 1.29 is 14.3 Å². The Kier molecular flexibility index (Phi) is 9.15. The van der Waals surface area contributed by atoms with Crippen molar-refractivity contribution in [2.45, 2.75) is 71.3 Å². The van der Waals surface area contributed by atoms with Crippen molar-refractivity contribution in [1.29, 1.82) is 0 Å². The molecule has 4 N–H and O–H groups in total. The lowest BCUT2D eigenvalue weighted by atomic mass is 9.87. The van der Waals surface area contributed by atoms with Crippen molar-refractivity contribution in [3.05, 3.63) is 102 Å². The maximum atomic E-state index is 12.7. The fourth-order valence-corrected chi connectivity index (χ4v) is 4.69. The molecule has 0 bridgehead atoms. The van der Waals surface area contributed by atoms with E-state index >= 15 is 0 Å². The molecule has 40 heavy (non-hydrogen) atoms. The molecule has 4 aromatic rings. The van der Waals surface area contributed by atoms with Crippen LogP contribution in [0.1, 0.15) is 62.4 Å². The second-order valence-corrected chi connectivity index (χ2v) is 11.5. The number of amides is 2. The smallest absolute Gasteiger partial charge is 0.240 e. The van der Waals surface area contributed by atoms with E-state index < -0.39 is 11.9 Å². The molecule has 0 fully saturated rings. The number of hydrogen-bond donors (Lipinski definition) is 3. The van der Waals surface area contributed by atoms with Crippen LogP contribution in [0.25, 0.3) is 16.9 Å². The molecule has 0 aliphatic carbocycles. The summed E-state index contributed by atoms with van der Waals surface area (Å²) in [5.41, 5.74) is 13.2. The third-order valence-electron chi connectivity index (χ3n) is 7.12. The summed E-state index contributed by atoms with van der Waals surface area (Å²) in [4.78, 5) is 28.9. The Balaban J connectivity index is 1.40. The van der Waals surface area contributed by atoms with Crippen LogP contribution in [-0.2, 0) is 27.8 Å². The first kappa shape index (κ1) is 28.7. The maximum Gasteiger partial charge on any atom is 0.240 e. The lowest BCUT2D eigenvalue weighted by Crippen LogP contribution is -2.45. The number of carbonyl (C=O) groups is 2. The quantitative estimate of drug-likeness (QED) is 0.187. The largest absolute Gasteiger partial charge is 0.368 e. The fraction of sp³-hybridized carbons (Fsp3) is 0.333. The standard InChI is InChI=1S/C33H39N5O2/c1-23-11-13-24(14-12-23)20-30(32(34)40)36-31(39)10-6-5-9-28-21-29(25-8-7-19-35-22-25)37-38(28)27-17-15-26(16-18-27)33(2,3)4/h7-8,11-19,21-22,30H,5-6,9-10,20H2,1-4H3,(H3,34,36,39,40)/p+1/t30-/m0/s1. The Hall–Kier alpha value is -4.26. The van der Waals surface area contributed by atoms with Gasteiger partial charge in [-0.2, -0.15) is 5.10 Å². The van der Waals surface area contributed by atoms with Crippen LogP contribution >= 0.6 is 0 Å². The first-order valence-corrected chi connectivity index (χ1v) is 13.9. The molecule has 2 amide bonds. The highest BCUT2D eigenvalue weighted by atomic mass is 16.2. The lowest BCUT2D eigenvalue weighted by Gasteiger charge is -2.18. The summed E-state index contributed by atoms with van der Waals surface area (Å²) in [6.45, 7) is 8.63. The molecule has 0 aliphatic heterocycles. The fourth-order valence-electron chi connectivity index (χ4n) is 4.69. The van der Waals surface area contributed by atoms with E-state index in [1.54, 1.807) is 6.20 Å². The molecule has 2 aromatic carbocycles. The van der Waals surface area contributed by atoms with Gasteiger partial charge in [-0.15, -0.1) is 0 Å². The summed E-state index contributed by atoms with van der Waals surface area (Å²) in [7, 11) is 0. The SMILES string of the molecule is Cc1ccc(C[C@H](NC(=O)CCCCc2cc(-c3cccnc3)[nH][n+]2-c2ccc(C(C)(C)C)cc2)C(N)=O)cc1. The normalized spacial score (nSPS) is 12.2. The average molecular weight is 539 g/mol. The number of nitrogens with two attached hydrogens (primary N) is 1. The number of unbranched alkanes of at least 4 members (excludes halogenated alkanes) is 1. The molecular weight excluding hydrogens is 498 g/mol. The molecule has 0 saturated carbocycles. The molecule has 0 unspecified atom stereocenters. The average Bonchev–Trinajstić information content (AvgIpc) is 3.36. The zero-order chi connectivity index (χ0) is 28.7. The molecule has 2 aromatic heterocycles. The second-order valence-electron chi connectivity index (χ2n) is 11.5. The van der Waals surface area contributed by atoms with Gasteiger partial charge in [-0.1, -0.05) is 67.4 Å². The van der Waals surface area contributed by atoms with Crippen molar-refractivity contribution in [2.75, 3.05) is 0 Å². The Morgan fingerprint density at radius 3 is 2.38 bits per heavy atom.